The molecule has 1 aromatic carbocycles. The number of rotatable bonds is 7. The van der Waals surface area contributed by atoms with Gasteiger partial charge in [-0.1, -0.05) is 18.3 Å². The van der Waals surface area contributed by atoms with Crippen molar-refractivity contribution in [3.05, 3.63) is 23.0 Å². The fourth-order valence-corrected chi connectivity index (χ4v) is 3.20. The maximum absolute atomic E-state index is 11.7. The number of hydrogen-bond acceptors (Lipinski definition) is 4. The van der Waals surface area contributed by atoms with Gasteiger partial charge in [-0.3, -0.25) is 4.79 Å². The molecule has 0 spiro atoms. The summed E-state index contributed by atoms with van der Waals surface area (Å²) in [4.78, 5) is 16.6. The maximum atomic E-state index is 11.7. The summed E-state index contributed by atoms with van der Waals surface area (Å²) in [6.45, 7) is 8.33. The Kier molecular flexibility index (Phi) is 6.15. The number of carbonyl (C=O) groups is 1. The lowest BCUT2D eigenvalue weighted by molar-refractivity contribution is -0.117. The maximum Gasteiger partial charge on any atom is 0.248 e. The van der Waals surface area contributed by atoms with Crippen LogP contribution in [0, 0.1) is 0 Å². The number of aromatic nitrogens is 1. The van der Waals surface area contributed by atoms with Gasteiger partial charge in [0.1, 0.15) is 5.75 Å². The Labute approximate surface area is 134 Å². The van der Waals surface area contributed by atoms with Gasteiger partial charge < -0.3 is 14.0 Å². The Hall–Kier alpha value is -1.66. The van der Waals surface area contributed by atoms with Crippen molar-refractivity contribution >= 4 is 27.5 Å². The molecule has 6 heteroatoms. The summed E-state index contributed by atoms with van der Waals surface area (Å²) >= 11 is 1.51. The highest BCUT2D eigenvalue weighted by Gasteiger charge is 2.08. The van der Waals surface area contributed by atoms with E-state index in [1.54, 1.807) is 0 Å². The Morgan fingerprint density at radius 2 is 2.09 bits per heavy atom. The highest BCUT2D eigenvalue weighted by molar-refractivity contribution is 7.16. The molecular formula is C16H22N2O3S. The molecule has 2 aromatic rings. The average molecular weight is 322 g/mol. The molecule has 0 radical (unpaired) electrons. The fourth-order valence-electron chi connectivity index (χ4n) is 2.10. The van der Waals surface area contributed by atoms with Crippen molar-refractivity contribution in [2.45, 2.75) is 33.7 Å². The van der Waals surface area contributed by atoms with E-state index in [0.29, 0.717) is 32.8 Å². The lowest BCUT2D eigenvalue weighted by atomic mass is 10.3. The standard InChI is InChI=1S/C16H22N2O3S/c1-4-15(19)17-16-18(9-10-20-5-2)13-8-7-12(21-6-3)11-14(13)22-16/h7-8,11H,4-6,9-10H2,1-3H3. The summed E-state index contributed by atoms with van der Waals surface area (Å²) < 4.78 is 14.1. The van der Waals surface area contributed by atoms with E-state index in [-0.39, 0.29) is 5.91 Å². The predicted octanol–water partition coefficient (Wildman–Crippen LogP) is 2.98. The Morgan fingerprint density at radius 3 is 2.77 bits per heavy atom. The fraction of sp³-hybridized carbons (Fsp3) is 0.500. The minimum atomic E-state index is -0.109. The number of fused-ring (bicyclic) bond motifs is 1. The van der Waals surface area contributed by atoms with Crippen molar-refractivity contribution < 1.29 is 14.3 Å². The van der Waals surface area contributed by atoms with Crippen LogP contribution in [0.25, 0.3) is 10.2 Å². The highest BCUT2D eigenvalue weighted by Crippen LogP contribution is 2.23. The van der Waals surface area contributed by atoms with Gasteiger partial charge in [-0.05, 0) is 32.0 Å². The smallest absolute Gasteiger partial charge is 0.248 e. The zero-order valence-electron chi connectivity index (χ0n) is 13.3. The molecule has 0 saturated carbocycles. The second kappa shape index (κ2) is 8.10. The van der Waals surface area contributed by atoms with Gasteiger partial charge in [-0.25, -0.2) is 0 Å². The van der Waals surface area contributed by atoms with E-state index in [0.717, 1.165) is 20.8 Å². The molecule has 0 aliphatic heterocycles. The van der Waals surface area contributed by atoms with Crippen molar-refractivity contribution in [3.8, 4) is 5.75 Å². The van der Waals surface area contributed by atoms with Crippen molar-refractivity contribution in [3.63, 3.8) is 0 Å². The average Bonchev–Trinajstić information content (AvgIpc) is 2.84. The molecule has 5 nitrogen and oxygen atoms in total. The lowest BCUT2D eigenvalue weighted by Crippen LogP contribution is -2.19. The monoisotopic (exact) mass is 322 g/mol. The van der Waals surface area contributed by atoms with Crippen LogP contribution < -0.4 is 9.54 Å². The zero-order chi connectivity index (χ0) is 15.9. The molecule has 0 fully saturated rings. The van der Waals surface area contributed by atoms with Crippen LogP contribution in [0.4, 0.5) is 0 Å². The lowest BCUT2D eigenvalue weighted by Gasteiger charge is -2.06. The van der Waals surface area contributed by atoms with Crippen molar-refractivity contribution in [1.29, 1.82) is 0 Å². The number of carbonyl (C=O) groups excluding carboxylic acids is 1. The van der Waals surface area contributed by atoms with E-state index in [9.17, 15) is 4.79 Å². The Morgan fingerprint density at radius 1 is 1.27 bits per heavy atom. The minimum absolute atomic E-state index is 0.109. The van der Waals surface area contributed by atoms with Gasteiger partial charge in [0.15, 0.2) is 4.80 Å². The molecule has 1 amide bonds. The summed E-state index contributed by atoms with van der Waals surface area (Å²) in [6.07, 6.45) is 0.407. The summed E-state index contributed by atoms with van der Waals surface area (Å²) in [5.41, 5.74) is 1.05. The van der Waals surface area contributed by atoms with Gasteiger partial charge in [0.05, 0.1) is 23.4 Å². The van der Waals surface area contributed by atoms with Crippen molar-refractivity contribution in [2.24, 2.45) is 4.99 Å². The molecule has 1 aromatic heterocycles. The molecule has 1 heterocycles. The van der Waals surface area contributed by atoms with Crippen LogP contribution in [0.5, 0.6) is 5.75 Å². The molecule has 2 rings (SSSR count). The van der Waals surface area contributed by atoms with E-state index in [4.69, 9.17) is 9.47 Å². The number of amides is 1. The summed E-state index contributed by atoms with van der Waals surface area (Å²) in [5, 5.41) is 0. The second-order valence-electron chi connectivity index (χ2n) is 4.65. The highest BCUT2D eigenvalue weighted by atomic mass is 32.1. The third-order valence-electron chi connectivity index (χ3n) is 3.15. The first-order chi connectivity index (χ1) is 10.7. The van der Waals surface area contributed by atoms with Gasteiger partial charge in [-0.2, -0.15) is 4.99 Å². The van der Waals surface area contributed by atoms with Gasteiger partial charge in [0.2, 0.25) is 5.91 Å². The number of nitrogens with zero attached hydrogens (tertiary/aromatic N) is 2. The molecule has 0 unspecified atom stereocenters. The minimum Gasteiger partial charge on any atom is -0.494 e. The van der Waals surface area contributed by atoms with E-state index < -0.39 is 0 Å². The molecular weight excluding hydrogens is 300 g/mol. The van der Waals surface area contributed by atoms with Crippen LogP contribution in [0.1, 0.15) is 27.2 Å². The van der Waals surface area contributed by atoms with Crippen LogP contribution >= 0.6 is 11.3 Å². The first-order valence-electron chi connectivity index (χ1n) is 7.61. The summed E-state index contributed by atoms with van der Waals surface area (Å²) in [6, 6.07) is 5.95. The van der Waals surface area contributed by atoms with Crippen LogP contribution in [-0.4, -0.2) is 30.3 Å². The second-order valence-corrected chi connectivity index (χ2v) is 5.66. The topological polar surface area (TPSA) is 52.8 Å². The Bertz CT molecular complexity index is 703. The van der Waals surface area contributed by atoms with Crippen molar-refractivity contribution in [1.82, 2.24) is 4.57 Å². The summed E-state index contributed by atoms with van der Waals surface area (Å²) in [5.74, 6) is 0.725. The quantitative estimate of drug-likeness (QED) is 0.736. The normalized spacial score (nSPS) is 12.0. The van der Waals surface area contributed by atoms with Crippen molar-refractivity contribution in [2.75, 3.05) is 19.8 Å². The Balaban J connectivity index is 2.47. The largest absolute Gasteiger partial charge is 0.494 e. The van der Waals surface area contributed by atoms with Gasteiger partial charge >= 0.3 is 0 Å². The van der Waals surface area contributed by atoms with Crippen LogP contribution in [-0.2, 0) is 16.1 Å². The van der Waals surface area contributed by atoms with E-state index in [1.165, 1.54) is 11.3 Å². The summed E-state index contributed by atoms with van der Waals surface area (Å²) in [7, 11) is 0. The van der Waals surface area contributed by atoms with Crippen LogP contribution in [0.3, 0.4) is 0 Å². The zero-order valence-corrected chi connectivity index (χ0v) is 14.1. The molecule has 0 aliphatic rings. The molecule has 0 bridgehead atoms. The van der Waals surface area contributed by atoms with Gasteiger partial charge in [0.25, 0.3) is 0 Å². The number of thiazole rings is 1. The molecule has 0 atom stereocenters. The van der Waals surface area contributed by atoms with E-state index in [2.05, 4.69) is 4.99 Å². The number of hydrogen-bond donors (Lipinski definition) is 0. The first kappa shape index (κ1) is 16.7. The first-order valence-corrected chi connectivity index (χ1v) is 8.42. The van der Waals surface area contributed by atoms with Gasteiger partial charge in [0, 0.05) is 19.6 Å². The van der Waals surface area contributed by atoms with Crippen LogP contribution in [0.15, 0.2) is 23.2 Å². The molecule has 0 N–H and O–H groups in total. The third kappa shape index (κ3) is 3.96. The molecule has 22 heavy (non-hydrogen) atoms. The predicted molar refractivity (Wildman–Crippen MR) is 88.3 cm³/mol. The van der Waals surface area contributed by atoms with Crippen LogP contribution in [0.2, 0.25) is 0 Å². The third-order valence-corrected chi connectivity index (χ3v) is 4.19. The number of benzene rings is 1. The molecule has 120 valence electrons. The SMILES string of the molecule is CCOCCn1c(=NC(=O)CC)sc2cc(OCC)ccc21. The number of ether oxygens (including phenoxy) is 2. The van der Waals surface area contributed by atoms with E-state index in [1.807, 2.05) is 43.5 Å². The van der Waals surface area contributed by atoms with Gasteiger partial charge in [-0.15, -0.1) is 0 Å². The van der Waals surface area contributed by atoms with E-state index >= 15 is 0 Å². The molecule has 0 aliphatic carbocycles. The molecule has 0 saturated heterocycles.